The molecule has 1 N–H and O–H groups in total. The number of piperazine rings is 1. The molecular formula is C21H28N6O. The van der Waals surface area contributed by atoms with E-state index in [2.05, 4.69) is 37.2 Å². The van der Waals surface area contributed by atoms with Gasteiger partial charge in [-0.15, -0.1) is 0 Å². The van der Waals surface area contributed by atoms with Crippen LogP contribution < -0.4 is 10.2 Å². The largest absolute Gasteiger partial charge is 0.337 e. The maximum atomic E-state index is 12.7. The van der Waals surface area contributed by atoms with Gasteiger partial charge in [0, 0.05) is 50.8 Å². The van der Waals surface area contributed by atoms with Gasteiger partial charge in [0.25, 0.3) is 0 Å². The van der Waals surface area contributed by atoms with Crippen LogP contribution in [-0.2, 0) is 6.54 Å². The van der Waals surface area contributed by atoms with Gasteiger partial charge in [-0.3, -0.25) is 4.90 Å². The maximum Gasteiger partial charge on any atom is 0.321 e. The van der Waals surface area contributed by atoms with Crippen LogP contribution in [0.5, 0.6) is 0 Å². The second-order valence-electron chi connectivity index (χ2n) is 7.49. The number of hydrogen-bond acceptors (Lipinski definition) is 5. The molecule has 0 aliphatic carbocycles. The number of rotatable bonds is 4. The minimum Gasteiger partial charge on any atom is -0.337 e. The lowest BCUT2D eigenvalue weighted by atomic mass is 10.1. The number of likely N-dealkylation sites (tertiary alicyclic amines) is 1. The molecule has 7 nitrogen and oxygen atoms in total. The highest BCUT2D eigenvalue weighted by atomic mass is 16.2. The van der Waals surface area contributed by atoms with Gasteiger partial charge in [-0.25, -0.2) is 14.8 Å². The quantitative estimate of drug-likeness (QED) is 0.884. The monoisotopic (exact) mass is 380 g/mol. The molecule has 2 fully saturated rings. The first-order valence-corrected chi connectivity index (χ1v) is 10.2. The Morgan fingerprint density at radius 1 is 0.929 bits per heavy atom. The summed E-state index contributed by atoms with van der Waals surface area (Å²) in [5, 5.41) is 3.06. The van der Waals surface area contributed by atoms with Gasteiger partial charge in [0.15, 0.2) is 0 Å². The van der Waals surface area contributed by atoms with Gasteiger partial charge in [-0.2, -0.15) is 0 Å². The van der Waals surface area contributed by atoms with Crippen molar-refractivity contribution in [2.24, 2.45) is 0 Å². The Labute approximate surface area is 166 Å². The second-order valence-corrected chi connectivity index (χ2v) is 7.49. The van der Waals surface area contributed by atoms with Crippen LogP contribution in [0.25, 0.3) is 0 Å². The third-order valence-corrected chi connectivity index (χ3v) is 5.43. The first-order valence-electron chi connectivity index (χ1n) is 10.2. The number of nitrogens with one attached hydrogen (secondary N) is 1. The molecule has 0 spiro atoms. The number of aromatic nitrogens is 2. The summed E-state index contributed by atoms with van der Waals surface area (Å²) in [4.78, 5) is 27.7. The van der Waals surface area contributed by atoms with Gasteiger partial charge in [0.1, 0.15) is 0 Å². The van der Waals surface area contributed by atoms with Crippen molar-refractivity contribution in [3.05, 3.63) is 48.3 Å². The Morgan fingerprint density at radius 2 is 1.68 bits per heavy atom. The molecule has 2 aromatic rings. The van der Waals surface area contributed by atoms with E-state index < -0.39 is 0 Å². The fourth-order valence-electron chi connectivity index (χ4n) is 3.89. The van der Waals surface area contributed by atoms with E-state index in [1.807, 2.05) is 23.1 Å². The Kier molecular flexibility index (Phi) is 6.01. The molecule has 7 heteroatoms. The fourth-order valence-corrected chi connectivity index (χ4v) is 3.89. The Hall–Kier alpha value is -2.67. The molecule has 0 bridgehead atoms. The van der Waals surface area contributed by atoms with Crippen LogP contribution in [0.3, 0.4) is 0 Å². The highest BCUT2D eigenvalue weighted by molar-refractivity contribution is 5.89. The summed E-state index contributed by atoms with van der Waals surface area (Å²) in [6, 6.07) is 10.0. The summed E-state index contributed by atoms with van der Waals surface area (Å²) in [5.41, 5.74) is 2.12. The van der Waals surface area contributed by atoms with Crippen molar-refractivity contribution in [1.82, 2.24) is 19.8 Å². The lowest BCUT2D eigenvalue weighted by Crippen LogP contribution is -2.50. The smallest absolute Gasteiger partial charge is 0.321 e. The second kappa shape index (κ2) is 9.01. The van der Waals surface area contributed by atoms with Crippen molar-refractivity contribution >= 4 is 17.7 Å². The van der Waals surface area contributed by atoms with Crippen LogP contribution in [0.15, 0.2) is 42.7 Å². The van der Waals surface area contributed by atoms with E-state index in [1.165, 1.54) is 37.9 Å². The first kappa shape index (κ1) is 18.7. The third kappa shape index (κ3) is 4.78. The molecular weight excluding hydrogens is 352 g/mol. The van der Waals surface area contributed by atoms with Gasteiger partial charge >= 0.3 is 6.03 Å². The van der Waals surface area contributed by atoms with Crippen LogP contribution in [0, 0.1) is 0 Å². The molecule has 28 heavy (non-hydrogen) atoms. The highest BCUT2D eigenvalue weighted by Crippen LogP contribution is 2.17. The van der Waals surface area contributed by atoms with Crippen molar-refractivity contribution in [1.29, 1.82) is 0 Å². The van der Waals surface area contributed by atoms with Crippen LogP contribution in [0.2, 0.25) is 0 Å². The van der Waals surface area contributed by atoms with Crippen molar-refractivity contribution in [3.63, 3.8) is 0 Å². The summed E-state index contributed by atoms with van der Waals surface area (Å²) in [7, 11) is 0. The van der Waals surface area contributed by atoms with Crippen molar-refractivity contribution in [2.75, 3.05) is 49.5 Å². The van der Waals surface area contributed by atoms with E-state index in [-0.39, 0.29) is 6.03 Å². The molecule has 0 saturated carbocycles. The lowest BCUT2D eigenvalue weighted by Gasteiger charge is -2.34. The Balaban J connectivity index is 1.29. The van der Waals surface area contributed by atoms with E-state index >= 15 is 0 Å². The number of anilines is 2. The summed E-state index contributed by atoms with van der Waals surface area (Å²) < 4.78 is 0. The zero-order chi connectivity index (χ0) is 19.2. The number of benzene rings is 1. The van der Waals surface area contributed by atoms with Gasteiger partial charge in [0.05, 0.1) is 0 Å². The SMILES string of the molecule is O=C(Nc1cccc(CN2CCCCC2)c1)N1CCN(c2ncccn2)CC1. The average Bonchev–Trinajstić information content (AvgIpc) is 2.75. The maximum absolute atomic E-state index is 12.7. The van der Waals surface area contributed by atoms with E-state index in [0.717, 1.165) is 31.3 Å². The molecule has 0 unspecified atom stereocenters. The summed E-state index contributed by atoms with van der Waals surface area (Å²) in [6.07, 6.45) is 7.42. The molecule has 1 aromatic carbocycles. The van der Waals surface area contributed by atoms with Crippen LogP contribution >= 0.6 is 0 Å². The Bertz CT molecular complexity index is 769. The van der Waals surface area contributed by atoms with Crippen molar-refractivity contribution in [2.45, 2.75) is 25.8 Å². The van der Waals surface area contributed by atoms with Crippen LogP contribution in [-0.4, -0.2) is 65.1 Å². The molecule has 0 radical (unpaired) electrons. The van der Waals surface area contributed by atoms with Crippen molar-refractivity contribution < 1.29 is 4.79 Å². The van der Waals surface area contributed by atoms with Gasteiger partial charge in [0.2, 0.25) is 5.95 Å². The van der Waals surface area contributed by atoms with Crippen LogP contribution in [0.1, 0.15) is 24.8 Å². The zero-order valence-electron chi connectivity index (χ0n) is 16.3. The number of carbonyl (C=O) groups is 1. The van der Waals surface area contributed by atoms with E-state index in [0.29, 0.717) is 13.1 Å². The molecule has 2 aliphatic heterocycles. The highest BCUT2D eigenvalue weighted by Gasteiger charge is 2.22. The van der Waals surface area contributed by atoms with Gasteiger partial charge in [-0.05, 0) is 49.7 Å². The predicted octanol–water partition coefficient (Wildman–Crippen LogP) is 2.82. The minimum absolute atomic E-state index is 0.0382. The minimum atomic E-state index is -0.0382. The molecule has 2 amide bonds. The first-order chi connectivity index (χ1) is 13.8. The number of piperidine rings is 1. The summed E-state index contributed by atoms with van der Waals surface area (Å²) in [5.74, 6) is 0.730. The molecule has 0 atom stereocenters. The number of urea groups is 1. The Morgan fingerprint density at radius 3 is 2.43 bits per heavy atom. The normalized spacial score (nSPS) is 18.1. The van der Waals surface area contributed by atoms with E-state index in [4.69, 9.17) is 0 Å². The predicted molar refractivity (Wildman–Crippen MR) is 110 cm³/mol. The molecule has 4 rings (SSSR count). The van der Waals surface area contributed by atoms with E-state index in [1.54, 1.807) is 12.4 Å². The molecule has 3 heterocycles. The molecule has 148 valence electrons. The fraction of sp³-hybridized carbons (Fsp3) is 0.476. The zero-order valence-corrected chi connectivity index (χ0v) is 16.3. The van der Waals surface area contributed by atoms with E-state index in [9.17, 15) is 4.79 Å². The number of carbonyl (C=O) groups excluding carboxylic acids is 1. The molecule has 2 aliphatic rings. The summed E-state index contributed by atoms with van der Waals surface area (Å²) >= 11 is 0. The van der Waals surface area contributed by atoms with Gasteiger partial charge in [-0.1, -0.05) is 18.6 Å². The van der Waals surface area contributed by atoms with Gasteiger partial charge < -0.3 is 15.1 Å². The number of amides is 2. The molecule has 2 saturated heterocycles. The summed E-state index contributed by atoms with van der Waals surface area (Å²) in [6.45, 7) is 6.12. The lowest BCUT2D eigenvalue weighted by molar-refractivity contribution is 0.208. The number of hydrogen-bond donors (Lipinski definition) is 1. The standard InChI is InChI=1S/C21H28N6O/c28-21(27-14-12-26(13-15-27)20-22-8-5-9-23-20)24-19-7-4-6-18(16-19)17-25-10-2-1-3-11-25/h4-9,16H,1-3,10-15,17H2,(H,24,28). The van der Waals surface area contributed by atoms with Crippen molar-refractivity contribution in [3.8, 4) is 0 Å². The van der Waals surface area contributed by atoms with Crippen LogP contribution in [0.4, 0.5) is 16.4 Å². The third-order valence-electron chi connectivity index (χ3n) is 5.43. The number of nitrogens with zero attached hydrogens (tertiary/aromatic N) is 5. The topological polar surface area (TPSA) is 64.6 Å². The molecule has 1 aromatic heterocycles. The average molecular weight is 380 g/mol.